The number of hydrogen-bond acceptors (Lipinski definition) is 3. The van der Waals surface area contributed by atoms with Crippen LogP contribution in [0.3, 0.4) is 0 Å². The molecule has 0 rings (SSSR count). The molecule has 0 aromatic heterocycles. The van der Waals surface area contributed by atoms with Crippen LogP contribution < -0.4 is 5.73 Å². The van der Waals surface area contributed by atoms with Gasteiger partial charge in [-0.05, 0) is 19.9 Å². The Hall–Kier alpha value is -0.830. The maximum atomic E-state index is 10.6. The van der Waals surface area contributed by atoms with E-state index in [-0.39, 0.29) is 5.97 Å². The van der Waals surface area contributed by atoms with Crippen molar-refractivity contribution in [3.05, 3.63) is 12.2 Å². The number of ether oxygens (including phenoxy) is 1. The van der Waals surface area contributed by atoms with Crippen molar-refractivity contribution in [1.82, 2.24) is 0 Å². The third-order valence-corrected chi connectivity index (χ3v) is 0.874. The van der Waals surface area contributed by atoms with Crippen LogP contribution in [-0.2, 0) is 9.53 Å². The van der Waals surface area contributed by atoms with E-state index >= 15 is 0 Å². The van der Waals surface area contributed by atoms with Gasteiger partial charge in [0.15, 0.2) is 0 Å². The minimum absolute atomic E-state index is 0.295. The first kappa shape index (κ1) is 9.17. The zero-order valence-electron chi connectivity index (χ0n) is 6.17. The van der Waals surface area contributed by atoms with Gasteiger partial charge in [0.2, 0.25) is 0 Å². The minimum Gasteiger partial charge on any atom is -0.463 e. The Morgan fingerprint density at radius 2 is 2.40 bits per heavy atom. The fourth-order valence-corrected chi connectivity index (χ4v) is 0.466. The number of carbonyl (C=O) groups excluding carboxylic acids is 1. The average Bonchev–Trinajstić information content (AvgIpc) is 1.89. The van der Waals surface area contributed by atoms with Crippen molar-refractivity contribution < 1.29 is 9.53 Å². The third kappa shape index (κ3) is 5.31. The summed E-state index contributed by atoms with van der Waals surface area (Å²) in [6.07, 6.45) is 3.83. The van der Waals surface area contributed by atoms with Crippen molar-refractivity contribution in [2.24, 2.45) is 5.73 Å². The van der Waals surface area contributed by atoms with E-state index in [1.807, 2.05) is 0 Å². The van der Waals surface area contributed by atoms with Gasteiger partial charge in [0.25, 0.3) is 0 Å². The number of hydrogen-bond donors (Lipinski definition) is 1. The molecule has 0 spiro atoms. The molecule has 0 aromatic rings. The molecule has 0 unspecified atom stereocenters. The Balaban J connectivity index is 3.36. The highest BCUT2D eigenvalue weighted by molar-refractivity contribution is 5.81. The Morgan fingerprint density at radius 1 is 1.70 bits per heavy atom. The smallest absolute Gasteiger partial charge is 0.330 e. The summed E-state index contributed by atoms with van der Waals surface area (Å²) in [6, 6.07) is 0. The maximum absolute atomic E-state index is 10.6. The number of rotatable bonds is 4. The first-order valence-electron chi connectivity index (χ1n) is 3.34. The predicted octanol–water partition coefficient (Wildman–Crippen LogP) is 0.455. The van der Waals surface area contributed by atoms with E-state index in [4.69, 9.17) is 5.73 Å². The summed E-state index contributed by atoms with van der Waals surface area (Å²) in [6.45, 7) is 2.76. The zero-order chi connectivity index (χ0) is 7.82. The lowest BCUT2D eigenvalue weighted by Crippen LogP contribution is -2.00. The predicted molar refractivity (Wildman–Crippen MR) is 39.4 cm³/mol. The fourth-order valence-electron chi connectivity index (χ4n) is 0.466. The quantitative estimate of drug-likeness (QED) is 0.459. The lowest BCUT2D eigenvalue weighted by atomic mass is 10.4. The van der Waals surface area contributed by atoms with E-state index in [0.717, 1.165) is 6.42 Å². The van der Waals surface area contributed by atoms with Gasteiger partial charge in [-0.15, -0.1) is 0 Å². The molecule has 0 heterocycles. The van der Waals surface area contributed by atoms with Gasteiger partial charge in [-0.2, -0.15) is 0 Å². The molecule has 10 heavy (non-hydrogen) atoms. The standard InChI is InChI=1S/C7H13NO2/c1-2-10-7(9)5-3-4-6-8/h3,5H,2,4,6,8H2,1H3. The van der Waals surface area contributed by atoms with Crippen molar-refractivity contribution in [3.8, 4) is 0 Å². The largest absolute Gasteiger partial charge is 0.463 e. The minimum atomic E-state index is -0.295. The van der Waals surface area contributed by atoms with Gasteiger partial charge < -0.3 is 10.5 Å². The van der Waals surface area contributed by atoms with Crippen molar-refractivity contribution in [3.63, 3.8) is 0 Å². The molecule has 0 saturated carbocycles. The first-order valence-corrected chi connectivity index (χ1v) is 3.34. The van der Waals surface area contributed by atoms with Crippen LogP contribution in [-0.4, -0.2) is 19.1 Å². The van der Waals surface area contributed by atoms with E-state index in [1.54, 1.807) is 13.0 Å². The van der Waals surface area contributed by atoms with Gasteiger partial charge in [0, 0.05) is 6.08 Å². The Bertz CT molecular complexity index is 121. The summed E-state index contributed by atoms with van der Waals surface area (Å²) in [4.78, 5) is 10.6. The molecule has 0 saturated heterocycles. The van der Waals surface area contributed by atoms with Crippen LogP contribution in [0.1, 0.15) is 13.3 Å². The number of carbonyl (C=O) groups is 1. The second kappa shape index (κ2) is 6.29. The molecule has 2 N–H and O–H groups in total. The molecule has 0 atom stereocenters. The Kier molecular flexibility index (Phi) is 5.77. The van der Waals surface area contributed by atoms with Crippen LogP contribution in [0.25, 0.3) is 0 Å². The van der Waals surface area contributed by atoms with E-state index in [2.05, 4.69) is 4.74 Å². The summed E-state index contributed by atoms with van der Waals surface area (Å²) in [5.41, 5.74) is 5.19. The van der Waals surface area contributed by atoms with E-state index < -0.39 is 0 Å². The van der Waals surface area contributed by atoms with Gasteiger partial charge in [-0.1, -0.05) is 6.08 Å². The normalized spacial score (nSPS) is 10.2. The number of nitrogens with two attached hydrogens (primary N) is 1. The van der Waals surface area contributed by atoms with Crippen LogP contribution >= 0.6 is 0 Å². The molecule has 58 valence electrons. The van der Waals surface area contributed by atoms with Crippen LogP contribution in [0.2, 0.25) is 0 Å². The highest BCUT2D eigenvalue weighted by Crippen LogP contribution is 1.83. The van der Waals surface area contributed by atoms with Crippen molar-refractivity contribution in [2.45, 2.75) is 13.3 Å². The zero-order valence-corrected chi connectivity index (χ0v) is 6.17. The molecule has 0 fully saturated rings. The molecule has 3 nitrogen and oxygen atoms in total. The Morgan fingerprint density at radius 3 is 2.90 bits per heavy atom. The maximum Gasteiger partial charge on any atom is 0.330 e. The Labute approximate surface area is 60.9 Å². The monoisotopic (exact) mass is 143 g/mol. The van der Waals surface area contributed by atoms with Crippen LogP contribution in [0, 0.1) is 0 Å². The van der Waals surface area contributed by atoms with Gasteiger partial charge in [0.1, 0.15) is 0 Å². The van der Waals surface area contributed by atoms with Gasteiger partial charge in [-0.3, -0.25) is 0 Å². The SMILES string of the molecule is CCOC(=O)C=CCCN. The average molecular weight is 143 g/mol. The molecular weight excluding hydrogens is 130 g/mol. The molecule has 3 heteroatoms. The van der Waals surface area contributed by atoms with E-state index in [0.29, 0.717) is 13.2 Å². The second-order valence-electron chi connectivity index (χ2n) is 1.73. The molecular formula is C7H13NO2. The summed E-state index contributed by atoms with van der Waals surface area (Å²) < 4.78 is 4.62. The third-order valence-electron chi connectivity index (χ3n) is 0.874. The molecule has 0 aromatic carbocycles. The topological polar surface area (TPSA) is 52.3 Å². The fraction of sp³-hybridized carbons (Fsp3) is 0.571. The highest BCUT2D eigenvalue weighted by atomic mass is 16.5. The van der Waals surface area contributed by atoms with Gasteiger partial charge in [0.05, 0.1) is 6.61 Å². The first-order chi connectivity index (χ1) is 4.81. The molecule has 0 bridgehead atoms. The second-order valence-corrected chi connectivity index (χ2v) is 1.73. The summed E-state index contributed by atoms with van der Waals surface area (Å²) in [5, 5.41) is 0. The molecule has 0 amide bonds. The van der Waals surface area contributed by atoms with E-state index in [1.165, 1.54) is 6.08 Å². The van der Waals surface area contributed by atoms with Crippen molar-refractivity contribution >= 4 is 5.97 Å². The summed E-state index contributed by atoms with van der Waals surface area (Å²) in [5.74, 6) is -0.295. The number of esters is 1. The van der Waals surface area contributed by atoms with Gasteiger partial charge in [-0.25, -0.2) is 4.79 Å². The van der Waals surface area contributed by atoms with Crippen molar-refractivity contribution in [1.29, 1.82) is 0 Å². The van der Waals surface area contributed by atoms with Crippen LogP contribution in [0.5, 0.6) is 0 Å². The lowest BCUT2D eigenvalue weighted by molar-refractivity contribution is -0.137. The van der Waals surface area contributed by atoms with Crippen LogP contribution in [0.4, 0.5) is 0 Å². The lowest BCUT2D eigenvalue weighted by Gasteiger charge is -1.93. The molecule has 0 radical (unpaired) electrons. The summed E-state index contributed by atoms with van der Waals surface area (Å²) >= 11 is 0. The van der Waals surface area contributed by atoms with E-state index in [9.17, 15) is 4.79 Å². The van der Waals surface area contributed by atoms with Crippen molar-refractivity contribution in [2.75, 3.05) is 13.2 Å². The highest BCUT2D eigenvalue weighted by Gasteiger charge is 1.90. The molecule has 0 aliphatic rings. The molecule has 0 aliphatic heterocycles. The molecule has 0 aliphatic carbocycles. The summed E-state index contributed by atoms with van der Waals surface area (Å²) in [7, 11) is 0. The van der Waals surface area contributed by atoms with Crippen LogP contribution in [0.15, 0.2) is 12.2 Å². The van der Waals surface area contributed by atoms with Gasteiger partial charge >= 0.3 is 5.97 Å².